The van der Waals surface area contributed by atoms with Gasteiger partial charge in [0, 0.05) is 16.8 Å². The standard InChI is InChI=1S/C28H21N5O7S2.O3S/c34-28-23-15-14-22(29-19-6-2-1-3-7-19)16-18(23)17-26(42(38,39)40)27(28)33-31-21-12-10-20(11-13-21)30-32-24-8-4-5-9-25(24)41(35,36)37;1-4(2)3/h1-17,29,34H,(H,35,36,37)(H,38,39,40);. The maximum atomic E-state index is 12.2. The Labute approximate surface area is 263 Å². The molecule has 0 atom stereocenters. The van der Waals surface area contributed by atoms with E-state index in [0.717, 1.165) is 5.69 Å². The lowest BCUT2D eigenvalue weighted by molar-refractivity contribution is 0.472. The van der Waals surface area contributed by atoms with E-state index in [4.69, 9.17) is 12.6 Å². The zero-order valence-electron chi connectivity index (χ0n) is 23.0. The summed E-state index contributed by atoms with van der Waals surface area (Å²) in [6.07, 6.45) is 0. The van der Waals surface area contributed by atoms with Gasteiger partial charge in [-0.2, -0.15) is 27.1 Å². The summed E-state index contributed by atoms with van der Waals surface area (Å²) in [6, 6.07) is 26.8. The molecule has 0 heterocycles. The first kappa shape index (κ1) is 33.5. The largest absolute Gasteiger partial charge is 0.505 e. The van der Waals surface area contributed by atoms with Crippen LogP contribution >= 0.6 is 0 Å². The second-order valence-corrected chi connectivity index (χ2v) is 12.2. The monoisotopic (exact) mass is 683 g/mol. The van der Waals surface area contributed by atoms with Crippen molar-refractivity contribution < 1.29 is 43.7 Å². The molecule has 0 radical (unpaired) electrons. The summed E-state index contributed by atoms with van der Waals surface area (Å²) in [6.45, 7) is 0. The predicted octanol–water partition coefficient (Wildman–Crippen LogP) is 6.61. The van der Waals surface area contributed by atoms with Crippen LogP contribution < -0.4 is 5.32 Å². The van der Waals surface area contributed by atoms with Crippen LogP contribution in [0, 0.1) is 0 Å². The van der Waals surface area contributed by atoms with E-state index in [2.05, 4.69) is 25.8 Å². The lowest BCUT2D eigenvalue weighted by Gasteiger charge is -2.11. The highest BCUT2D eigenvalue weighted by Gasteiger charge is 2.22. The van der Waals surface area contributed by atoms with Gasteiger partial charge in [-0.3, -0.25) is 9.11 Å². The van der Waals surface area contributed by atoms with Crippen molar-refractivity contribution in [2.24, 2.45) is 20.5 Å². The van der Waals surface area contributed by atoms with Crippen molar-refractivity contribution in [3.8, 4) is 5.75 Å². The van der Waals surface area contributed by atoms with Crippen molar-refractivity contribution in [3.05, 3.63) is 103 Å². The molecule has 0 amide bonds. The van der Waals surface area contributed by atoms with Crippen LogP contribution in [0.4, 0.5) is 34.1 Å². The molecule has 0 fully saturated rings. The van der Waals surface area contributed by atoms with Crippen LogP contribution in [0.1, 0.15) is 0 Å². The molecule has 0 aliphatic heterocycles. The van der Waals surface area contributed by atoms with Crippen LogP contribution in [-0.4, -0.2) is 43.7 Å². The lowest BCUT2D eigenvalue weighted by atomic mass is 10.1. The Morgan fingerprint density at radius 2 is 1.13 bits per heavy atom. The zero-order valence-corrected chi connectivity index (χ0v) is 25.5. The maximum absolute atomic E-state index is 12.2. The zero-order chi connectivity index (χ0) is 33.5. The third-order valence-corrected chi connectivity index (χ3v) is 7.69. The van der Waals surface area contributed by atoms with Gasteiger partial charge in [0.1, 0.15) is 21.2 Å². The summed E-state index contributed by atoms with van der Waals surface area (Å²) in [4.78, 5) is -1.02. The molecule has 236 valence electrons. The van der Waals surface area contributed by atoms with Crippen LogP contribution in [0.2, 0.25) is 0 Å². The normalized spacial score (nSPS) is 11.8. The number of nitrogens with zero attached hydrogens (tertiary/aromatic N) is 4. The topological polar surface area (TPSA) is 242 Å². The molecule has 15 nitrogen and oxygen atoms in total. The molecule has 5 rings (SSSR count). The summed E-state index contributed by atoms with van der Waals surface area (Å²) >= 11 is 0. The number of hydrogen-bond acceptors (Lipinski definition) is 13. The summed E-state index contributed by atoms with van der Waals surface area (Å²) in [7, 11) is -12.4. The molecule has 0 aliphatic carbocycles. The van der Waals surface area contributed by atoms with Gasteiger partial charge in [-0.25, -0.2) is 0 Å². The van der Waals surface area contributed by atoms with E-state index < -0.39 is 52.1 Å². The highest BCUT2D eigenvalue weighted by Crippen LogP contribution is 2.42. The van der Waals surface area contributed by atoms with Gasteiger partial charge < -0.3 is 10.4 Å². The Morgan fingerprint density at radius 3 is 1.72 bits per heavy atom. The number of azo groups is 2. The molecular formula is C28H21N5O10S3. The van der Waals surface area contributed by atoms with Crippen LogP contribution in [0.15, 0.2) is 133 Å². The van der Waals surface area contributed by atoms with E-state index in [1.807, 2.05) is 30.3 Å². The number of hydrogen-bond donors (Lipinski definition) is 4. The highest BCUT2D eigenvalue weighted by atomic mass is 32.2. The van der Waals surface area contributed by atoms with E-state index in [1.165, 1.54) is 54.6 Å². The molecule has 46 heavy (non-hydrogen) atoms. The summed E-state index contributed by atoms with van der Waals surface area (Å²) in [5.41, 5.74) is 1.48. The van der Waals surface area contributed by atoms with Crippen molar-refractivity contribution in [1.29, 1.82) is 0 Å². The van der Waals surface area contributed by atoms with Crippen molar-refractivity contribution in [1.82, 2.24) is 0 Å². The minimum absolute atomic E-state index is 0.0590. The van der Waals surface area contributed by atoms with E-state index in [9.17, 15) is 31.0 Å². The fourth-order valence-corrected chi connectivity index (χ4v) is 5.26. The lowest BCUT2D eigenvalue weighted by Crippen LogP contribution is -1.99. The van der Waals surface area contributed by atoms with Gasteiger partial charge in [0.2, 0.25) is 0 Å². The third-order valence-electron chi connectivity index (χ3n) is 5.92. The number of phenolic OH excluding ortho intramolecular Hbond substituents is 1. The Hall–Kier alpha value is -5.40. The number of phenols is 1. The first-order valence-electron chi connectivity index (χ1n) is 12.6. The average molecular weight is 684 g/mol. The van der Waals surface area contributed by atoms with Gasteiger partial charge in [-0.15, -0.1) is 22.9 Å². The van der Waals surface area contributed by atoms with Crippen LogP contribution in [0.3, 0.4) is 0 Å². The first-order valence-corrected chi connectivity index (χ1v) is 16.5. The van der Waals surface area contributed by atoms with Gasteiger partial charge >= 0.3 is 10.6 Å². The molecule has 0 bridgehead atoms. The summed E-state index contributed by atoms with van der Waals surface area (Å²) in [5, 5.41) is 30.5. The molecule has 18 heteroatoms. The SMILES string of the molecule is O=S(=O)(O)c1ccccc1N=Nc1ccc(N=Nc2c(S(=O)(=O)O)cc3cc(Nc4ccccc4)ccc3c2O)cc1.O=S(=O)=O. The maximum Gasteiger partial charge on any atom is 0.425 e. The number of para-hydroxylation sites is 1. The minimum Gasteiger partial charge on any atom is -0.505 e. The quantitative estimate of drug-likeness (QED) is 0.100. The second-order valence-electron chi connectivity index (χ2n) is 9.04. The Morgan fingerprint density at radius 1 is 0.587 bits per heavy atom. The van der Waals surface area contributed by atoms with Crippen molar-refractivity contribution in [3.63, 3.8) is 0 Å². The molecule has 5 aromatic rings. The van der Waals surface area contributed by atoms with E-state index in [0.29, 0.717) is 16.8 Å². The Kier molecular flexibility index (Phi) is 10.3. The Bertz CT molecular complexity index is 2290. The number of rotatable bonds is 8. The van der Waals surface area contributed by atoms with Crippen LogP contribution in [0.25, 0.3) is 10.8 Å². The minimum atomic E-state index is -4.80. The molecule has 0 unspecified atom stereocenters. The predicted molar refractivity (Wildman–Crippen MR) is 166 cm³/mol. The molecule has 0 aliphatic rings. The van der Waals surface area contributed by atoms with Crippen LogP contribution in [-0.2, 0) is 30.8 Å². The molecule has 0 spiro atoms. The third kappa shape index (κ3) is 8.83. The highest BCUT2D eigenvalue weighted by molar-refractivity contribution is 7.86. The molecule has 0 saturated carbocycles. The first-order chi connectivity index (χ1) is 21.7. The van der Waals surface area contributed by atoms with E-state index in [1.54, 1.807) is 18.2 Å². The smallest absolute Gasteiger partial charge is 0.425 e. The summed E-state index contributed by atoms with van der Waals surface area (Å²) < 4.78 is 92.0. The number of fused-ring (bicyclic) bond motifs is 1. The van der Waals surface area contributed by atoms with Gasteiger partial charge in [-0.1, -0.05) is 30.3 Å². The average Bonchev–Trinajstić information content (AvgIpc) is 2.99. The molecular weight excluding hydrogens is 663 g/mol. The number of nitrogens with one attached hydrogen (secondary N) is 1. The van der Waals surface area contributed by atoms with Gasteiger partial charge in [0.25, 0.3) is 20.2 Å². The Balaban J connectivity index is 0.00000113. The number of anilines is 2. The fraction of sp³-hybridized carbons (Fsp3) is 0. The summed E-state index contributed by atoms with van der Waals surface area (Å²) in [5.74, 6) is -0.488. The number of aromatic hydroxyl groups is 1. The fourth-order valence-electron chi connectivity index (χ4n) is 3.97. The molecule has 4 N–H and O–H groups in total. The van der Waals surface area contributed by atoms with E-state index >= 15 is 0 Å². The van der Waals surface area contributed by atoms with Gasteiger partial charge in [0.05, 0.1) is 11.4 Å². The molecule has 0 aromatic heterocycles. The molecule has 0 saturated heterocycles. The van der Waals surface area contributed by atoms with E-state index in [-0.39, 0.29) is 16.8 Å². The van der Waals surface area contributed by atoms with Gasteiger partial charge in [0.15, 0.2) is 5.75 Å². The molecule has 5 aromatic carbocycles. The van der Waals surface area contributed by atoms with Crippen molar-refractivity contribution >= 4 is 75.7 Å². The second kappa shape index (κ2) is 14.1. The number of benzene rings is 5. The van der Waals surface area contributed by atoms with Gasteiger partial charge in [-0.05, 0) is 78.2 Å². The van der Waals surface area contributed by atoms with Crippen molar-refractivity contribution in [2.75, 3.05) is 5.32 Å². The van der Waals surface area contributed by atoms with Crippen LogP contribution in [0.5, 0.6) is 5.75 Å². The van der Waals surface area contributed by atoms with Crippen molar-refractivity contribution in [2.45, 2.75) is 9.79 Å².